The first kappa shape index (κ1) is 18.9. The van der Waals surface area contributed by atoms with E-state index in [1.807, 2.05) is 35.2 Å². The fraction of sp³-hybridized carbons (Fsp3) is 0.273. The van der Waals surface area contributed by atoms with Crippen LogP contribution in [-0.4, -0.2) is 35.0 Å². The van der Waals surface area contributed by atoms with Crippen LogP contribution >= 0.6 is 34.3 Å². The van der Waals surface area contributed by atoms with E-state index in [2.05, 4.69) is 24.0 Å². The number of para-hydroxylation sites is 1. The van der Waals surface area contributed by atoms with Crippen molar-refractivity contribution in [2.24, 2.45) is 0 Å². The van der Waals surface area contributed by atoms with E-state index in [0.29, 0.717) is 28.2 Å². The molecule has 1 aliphatic heterocycles. The average Bonchev–Trinajstić information content (AvgIpc) is 3.30. The van der Waals surface area contributed by atoms with E-state index in [-0.39, 0.29) is 12.0 Å². The van der Waals surface area contributed by atoms with Crippen LogP contribution in [0.2, 0.25) is 5.02 Å². The summed E-state index contributed by atoms with van der Waals surface area (Å²) in [5, 5.41) is 2.23. The molecule has 0 saturated carbocycles. The first-order chi connectivity index (χ1) is 14.1. The predicted molar refractivity (Wildman–Crippen MR) is 121 cm³/mol. The highest BCUT2D eigenvalue weighted by Gasteiger charge is 2.28. The van der Waals surface area contributed by atoms with Gasteiger partial charge in [-0.25, -0.2) is 4.98 Å². The monoisotopic (exact) mass is 442 g/mol. The van der Waals surface area contributed by atoms with Gasteiger partial charge in [0.1, 0.15) is 11.0 Å². The second-order valence-corrected chi connectivity index (χ2v) is 9.68. The number of thiazole rings is 1. The third-order valence-corrected chi connectivity index (χ3v) is 7.90. The normalized spacial score (nSPS) is 15.3. The van der Waals surface area contributed by atoms with Crippen molar-refractivity contribution in [1.82, 2.24) is 9.88 Å². The zero-order valence-electron chi connectivity index (χ0n) is 15.9. The number of hydrogen-bond donors (Lipinski definition) is 0. The molecule has 0 N–H and O–H groups in total. The zero-order chi connectivity index (χ0) is 20.0. The maximum absolute atomic E-state index is 13.0. The van der Waals surface area contributed by atoms with E-state index in [9.17, 15) is 4.79 Å². The molecule has 2 aromatic heterocycles. The second-order valence-electron chi connectivity index (χ2n) is 7.25. The molecule has 29 heavy (non-hydrogen) atoms. The van der Waals surface area contributed by atoms with E-state index in [1.54, 1.807) is 11.3 Å². The van der Waals surface area contributed by atoms with Crippen LogP contribution in [0.4, 0.5) is 0 Å². The molecule has 0 atom stereocenters. The summed E-state index contributed by atoms with van der Waals surface area (Å²) in [6.07, 6.45) is 1.67. The number of ether oxygens (including phenoxy) is 1. The molecule has 0 bridgehead atoms. The number of nitrogens with zero attached hydrogens (tertiary/aromatic N) is 2. The molecular weight excluding hydrogens is 424 g/mol. The quantitative estimate of drug-likeness (QED) is 0.381. The summed E-state index contributed by atoms with van der Waals surface area (Å²) in [4.78, 5) is 20.2. The number of carbonyl (C=O) groups excluding carboxylic acids is 1. The summed E-state index contributed by atoms with van der Waals surface area (Å²) in [5.41, 5.74) is 2.17. The lowest BCUT2D eigenvalue weighted by Crippen LogP contribution is -2.41. The number of hydrogen-bond acceptors (Lipinski definition) is 5. The molecular formula is C22H19ClN2O2S2. The number of thiophene rings is 1. The van der Waals surface area contributed by atoms with Gasteiger partial charge < -0.3 is 9.64 Å². The van der Waals surface area contributed by atoms with Crippen molar-refractivity contribution in [2.45, 2.75) is 25.9 Å². The summed E-state index contributed by atoms with van der Waals surface area (Å²) in [6.45, 7) is 3.39. The molecule has 1 saturated heterocycles. The molecule has 2 aromatic carbocycles. The highest BCUT2D eigenvalue weighted by atomic mass is 35.5. The number of fused-ring (bicyclic) bond motifs is 2. The van der Waals surface area contributed by atoms with Crippen molar-refractivity contribution in [2.75, 3.05) is 13.1 Å². The summed E-state index contributed by atoms with van der Waals surface area (Å²) in [7, 11) is 0. The Hall–Kier alpha value is -2.15. The molecule has 4 nitrogen and oxygen atoms in total. The Labute approximate surface area is 181 Å². The first-order valence-electron chi connectivity index (χ1n) is 9.59. The minimum atomic E-state index is 0.0188. The van der Waals surface area contributed by atoms with Crippen molar-refractivity contribution in [3.05, 3.63) is 57.9 Å². The molecule has 0 unspecified atom stereocenters. The Bertz CT molecular complexity index is 1210. The molecule has 1 fully saturated rings. The van der Waals surface area contributed by atoms with Gasteiger partial charge in [0.25, 0.3) is 11.1 Å². The zero-order valence-corrected chi connectivity index (χ0v) is 18.2. The standard InChI is InChI=1S/C22H19ClN2O2S2/c1-13-5-4-8-17-19(13)24-22(29-17)27-14-9-11-25(12-10-14)21(26)20-18(23)15-6-2-3-7-16(15)28-20/h2-8,14H,9-12H2,1H3. The van der Waals surface area contributed by atoms with Gasteiger partial charge in [-0.2, -0.15) is 0 Å². The lowest BCUT2D eigenvalue weighted by atomic mass is 10.1. The Morgan fingerprint density at radius 1 is 1.10 bits per heavy atom. The van der Waals surface area contributed by atoms with Crippen molar-refractivity contribution in [3.8, 4) is 5.19 Å². The summed E-state index contributed by atoms with van der Waals surface area (Å²) < 4.78 is 8.34. The Balaban J connectivity index is 1.26. The van der Waals surface area contributed by atoms with Gasteiger partial charge in [-0.1, -0.05) is 53.3 Å². The van der Waals surface area contributed by atoms with Gasteiger partial charge >= 0.3 is 0 Å². The van der Waals surface area contributed by atoms with Crippen LogP contribution < -0.4 is 4.74 Å². The van der Waals surface area contributed by atoms with Crippen LogP contribution in [0.15, 0.2) is 42.5 Å². The van der Waals surface area contributed by atoms with Gasteiger partial charge in [0.2, 0.25) is 0 Å². The van der Waals surface area contributed by atoms with Crippen LogP contribution in [-0.2, 0) is 0 Å². The van der Waals surface area contributed by atoms with Crippen molar-refractivity contribution in [3.63, 3.8) is 0 Å². The smallest absolute Gasteiger partial charge is 0.274 e. The van der Waals surface area contributed by atoms with E-state index in [4.69, 9.17) is 16.3 Å². The maximum Gasteiger partial charge on any atom is 0.274 e. The highest BCUT2D eigenvalue weighted by molar-refractivity contribution is 7.21. The SMILES string of the molecule is Cc1cccc2sc(OC3CCN(C(=O)c4sc5ccccc5c4Cl)CC3)nc12. The van der Waals surface area contributed by atoms with Crippen LogP contribution in [0.5, 0.6) is 5.19 Å². The molecule has 7 heteroatoms. The Morgan fingerprint density at radius 2 is 1.86 bits per heavy atom. The molecule has 4 aromatic rings. The number of amides is 1. The molecule has 148 valence electrons. The van der Waals surface area contributed by atoms with Crippen LogP contribution in [0.25, 0.3) is 20.3 Å². The van der Waals surface area contributed by atoms with E-state index >= 15 is 0 Å². The van der Waals surface area contributed by atoms with Gasteiger partial charge in [-0.05, 0) is 24.6 Å². The molecule has 0 radical (unpaired) electrons. The summed E-state index contributed by atoms with van der Waals surface area (Å²) >= 11 is 9.54. The minimum absolute atomic E-state index is 0.0188. The number of aromatic nitrogens is 1. The fourth-order valence-corrected chi connectivity index (χ4v) is 6.17. The van der Waals surface area contributed by atoms with E-state index in [0.717, 1.165) is 38.7 Å². The fourth-order valence-electron chi connectivity index (χ4n) is 3.73. The number of aryl methyl sites for hydroxylation is 1. The molecule has 5 rings (SSSR count). The molecule has 3 heterocycles. The van der Waals surface area contributed by atoms with Gasteiger partial charge in [-0.3, -0.25) is 4.79 Å². The van der Waals surface area contributed by atoms with Gasteiger partial charge in [0, 0.05) is 36.0 Å². The number of likely N-dealkylation sites (tertiary alicyclic amines) is 1. The second kappa shape index (κ2) is 7.59. The van der Waals surface area contributed by atoms with Crippen LogP contribution in [0, 0.1) is 6.92 Å². The summed E-state index contributed by atoms with van der Waals surface area (Å²) in [6, 6.07) is 14.1. The molecule has 0 aliphatic carbocycles. The topological polar surface area (TPSA) is 42.4 Å². The van der Waals surface area contributed by atoms with Crippen LogP contribution in [0.1, 0.15) is 28.1 Å². The first-order valence-corrected chi connectivity index (χ1v) is 11.6. The number of piperidine rings is 1. The number of benzene rings is 2. The van der Waals surface area contributed by atoms with E-state index in [1.165, 1.54) is 11.3 Å². The Morgan fingerprint density at radius 3 is 2.62 bits per heavy atom. The van der Waals surface area contributed by atoms with E-state index < -0.39 is 0 Å². The lowest BCUT2D eigenvalue weighted by molar-refractivity contribution is 0.0600. The number of carbonyl (C=O) groups is 1. The lowest BCUT2D eigenvalue weighted by Gasteiger charge is -2.31. The minimum Gasteiger partial charge on any atom is -0.467 e. The van der Waals surface area contributed by atoms with Gasteiger partial charge in [0.15, 0.2) is 0 Å². The predicted octanol–water partition coefficient (Wildman–Crippen LogP) is 6.16. The maximum atomic E-state index is 13.0. The molecule has 1 amide bonds. The van der Waals surface area contributed by atoms with Gasteiger partial charge in [0.05, 0.1) is 15.2 Å². The molecule has 0 spiro atoms. The number of halogens is 1. The molecule has 1 aliphatic rings. The van der Waals surface area contributed by atoms with Crippen molar-refractivity contribution in [1.29, 1.82) is 0 Å². The summed E-state index contributed by atoms with van der Waals surface area (Å²) in [5.74, 6) is 0.0188. The average molecular weight is 443 g/mol. The third kappa shape index (κ3) is 3.50. The van der Waals surface area contributed by atoms with Crippen molar-refractivity contribution >= 4 is 60.5 Å². The van der Waals surface area contributed by atoms with Crippen LogP contribution in [0.3, 0.4) is 0 Å². The Kier molecular flexibility index (Phi) is 4.94. The third-order valence-electron chi connectivity index (χ3n) is 5.33. The van der Waals surface area contributed by atoms with Gasteiger partial charge in [-0.15, -0.1) is 11.3 Å². The highest BCUT2D eigenvalue weighted by Crippen LogP contribution is 2.36. The largest absolute Gasteiger partial charge is 0.467 e. The van der Waals surface area contributed by atoms with Crippen molar-refractivity contribution < 1.29 is 9.53 Å². The number of rotatable bonds is 3.